The van der Waals surface area contributed by atoms with Crippen molar-refractivity contribution in [2.45, 2.75) is 0 Å². The summed E-state index contributed by atoms with van der Waals surface area (Å²) in [4.78, 5) is 4.44. The molecule has 0 atom stereocenters. The molecule has 1 heterocycles. The number of benzene rings is 2. The molecule has 0 radical (unpaired) electrons. The van der Waals surface area contributed by atoms with E-state index in [1.165, 1.54) is 6.07 Å². The number of hydrogen-bond donors (Lipinski definition) is 0. The molecular weight excluding hydrogens is 237 g/mol. The molecule has 0 saturated heterocycles. The minimum absolute atomic E-state index is 0.300. The van der Waals surface area contributed by atoms with Crippen LogP contribution in [0.5, 0.6) is 0 Å². The van der Waals surface area contributed by atoms with Crippen LogP contribution in [0.4, 0.5) is 4.39 Å². The molecule has 19 heavy (non-hydrogen) atoms. The minimum atomic E-state index is -0.300. The Morgan fingerprint density at radius 2 is 1.21 bits per heavy atom. The lowest BCUT2D eigenvalue weighted by atomic mass is 10.1. The van der Waals surface area contributed by atoms with E-state index in [2.05, 4.69) is 4.98 Å². The fraction of sp³-hybridized carbons (Fsp3) is 0. The SMILES string of the molecule is Fc1ccc(-c2ccccc2)nc1-c1ccccc1. The van der Waals surface area contributed by atoms with Gasteiger partial charge in [0.1, 0.15) is 11.5 Å². The van der Waals surface area contributed by atoms with E-state index < -0.39 is 0 Å². The minimum Gasteiger partial charge on any atom is -0.245 e. The summed E-state index contributed by atoms with van der Waals surface area (Å²) < 4.78 is 13.9. The highest BCUT2D eigenvalue weighted by Gasteiger charge is 2.08. The van der Waals surface area contributed by atoms with Crippen LogP contribution in [0.3, 0.4) is 0 Å². The van der Waals surface area contributed by atoms with Gasteiger partial charge in [-0.2, -0.15) is 0 Å². The van der Waals surface area contributed by atoms with Gasteiger partial charge < -0.3 is 0 Å². The van der Waals surface area contributed by atoms with Crippen LogP contribution in [0.1, 0.15) is 0 Å². The molecule has 1 nitrogen and oxygen atoms in total. The van der Waals surface area contributed by atoms with Crippen molar-refractivity contribution in [3.63, 3.8) is 0 Å². The lowest BCUT2D eigenvalue weighted by molar-refractivity contribution is 0.626. The quantitative estimate of drug-likeness (QED) is 0.649. The highest BCUT2D eigenvalue weighted by atomic mass is 19.1. The Balaban J connectivity index is 2.12. The Kier molecular flexibility index (Phi) is 3.07. The van der Waals surface area contributed by atoms with Gasteiger partial charge in [-0.05, 0) is 12.1 Å². The third-order valence-corrected chi connectivity index (χ3v) is 2.96. The summed E-state index contributed by atoms with van der Waals surface area (Å²) in [6, 6.07) is 22.3. The lowest BCUT2D eigenvalue weighted by Crippen LogP contribution is -1.92. The molecule has 1 aromatic heterocycles. The lowest BCUT2D eigenvalue weighted by Gasteiger charge is -2.06. The smallest absolute Gasteiger partial charge is 0.149 e. The zero-order valence-corrected chi connectivity index (χ0v) is 10.3. The van der Waals surface area contributed by atoms with Crippen molar-refractivity contribution in [1.82, 2.24) is 4.98 Å². The number of halogens is 1. The maximum absolute atomic E-state index is 13.9. The van der Waals surface area contributed by atoms with Crippen LogP contribution < -0.4 is 0 Å². The Hall–Kier alpha value is -2.48. The third-order valence-electron chi connectivity index (χ3n) is 2.96. The first-order chi connectivity index (χ1) is 9.34. The molecule has 0 aliphatic heterocycles. The molecule has 0 bridgehead atoms. The average Bonchev–Trinajstić information content (AvgIpc) is 2.49. The van der Waals surface area contributed by atoms with Gasteiger partial charge in [-0.1, -0.05) is 60.7 Å². The van der Waals surface area contributed by atoms with Crippen molar-refractivity contribution in [3.8, 4) is 22.5 Å². The van der Waals surface area contributed by atoms with Crippen LogP contribution in [-0.2, 0) is 0 Å². The van der Waals surface area contributed by atoms with Gasteiger partial charge in [-0.3, -0.25) is 0 Å². The van der Waals surface area contributed by atoms with Gasteiger partial charge in [0.2, 0.25) is 0 Å². The predicted octanol–water partition coefficient (Wildman–Crippen LogP) is 4.55. The van der Waals surface area contributed by atoms with Crippen LogP contribution in [0.2, 0.25) is 0 Å². The third kappa shape index (κ3) is 2.38. The van der Waals surface area contributed by atoms with E-state index in [1.54, 1.807) is 6.07 Å². The fourth-order valence-corrected chi connectivity index (χ4v) is 2.01. The van der Waals surface area contributed by atoms with Crippen LogP contribution >= 0.6 is 0 Å². The van der Waals surface area contributed by atoms with Crippen molar-refractivity contribution in [3.05, 3.63) is 78.6 Å². The average molecular weight is 249 g/mol. The highest BCUT2D eigenvalue weighted by molar-refractivity contribution is 5.66. The van der Waals surface area contributed by atoms with Gasteiger partial charge >= 0.3 is 0 Å². The van der Waals surface area contributed by atoms with Gasteiger partial charge in [-0.25, -0.2) is 9.37 Å². The number of pyridine rings is 1. The van der Waals surface area contributed by atoms with Gasteiger partial charge in [0.15, 0.2) is 0 Å². The van der Waals surface area contributed by atoms with E-state index in [0.29, 0.717) is 5.69 Å². The second kappa shape index (κ2) is 5.02. The molecule has 2 aromatic carbocycles. The predicted molar refractivity (Wildman–Crippen MR) is 75.1 cm³/mol. The van der Waals surface area contributed by atoms with Gasteiger partial charge in [0.05, 0.1) is 5.69 Å². The Bertz CT molecular complexity index is 678. The number of hydrogen-bond acceptors (Lipinski definition) is 1. The van der Waals surface area contributed by atoms with E-state index in [0.717, 1.165) is 16.8 Å². The molecule has 2 heteroatoms. The van der Waals surface area contributed by atoms with E-state index in [1.807, 2.05) is 60.7 Å². The summed E-state index contributed by atoms with van der Waals surface area (Å²) in [7, 11) is 0. The molecule has 0 N–H and O–H groups in total. The van der Waals surface area contributed by atoms with Crippen LogP contribution in [0.15, 0.2) is 72.8 Å². The second-order valence-corrected chi connectivity index (χ2v) is 4.26. The summed E-state index contributed by atoms with van der Waals surface area (Å²) in [5.41, 5.74) is 2.94. The molecule has 3 aromatic rings. The summed E-state index contributed by atoms with van der Waals surface area (Å²) in [5.74, 6) is -0.300. The molecule has 0 unspecified atom stereocenters. The van der Waals surface area contributed by atoms with Gasteiger partial charge in [0.25, 0.3) is 0 Å². The number of aromatic nitrogens is 1. The summed E-state index contributed by atoms with van der Waals surface area (Å²) in [5, 5.41) is 0. The van der Waals surface area contributed by atoms with Gasteiger partial charge in [0, 0.05) is 11.1 Å². The summed E-state index contributed by atoms with van der Waals surface area (Å²) >= 11 is 0. The molecule has 0 aliphatic carbocycles. The van der Waals surface area contributed by atoms with E-state index in [9.17, 15) is 4.39 Å². The summed E-state index contributed by atoms with van der Waals surface area (Å²) in [6.07, 6.45) is 0. The molecule has 3 rings (SSSR count). The van der Waals surface area contributed by atoms with Crippen LogP contribution in [0.25, 0.3) is 22.5 Å². The van der Waals surface area contributed by atoms with Crippen molar-refractivity contribution in [2.75, 3.05) is 0 Å². The van der Waals surface area contributed by atoms with E-state index in [-0.39, 0.29) is 5.82 Å². The van der Waals surface area contributed by atoms with Crippen LogP contribution in [-0.4, -0.2) is 4.98 Å². The Labute approximate surface area is 111 Å². The van der Waals surface area contributed by atoms with Crippen molar-refractivity contribution in [1.29, 1.82) is 0 Å². The first-order valence-electron chi connectivity index (χ1n) is 6.12. The maximum atomic E-state index is 13.9. The molecule has 0 saturated carbocycles. The Morgan fingerprint density at radius 3 is 1.84 bits per heavy atom. The first kappa shape index (κ1) is 11.6. The zero-order chi connectivity index (χ0) is 13.1. The highest BCUT2D eigenvalue weighted by Crippen LogP contribution is 2.24. The monoisotopic (exact) mass is 249 g/mol. The molecule has 0 amide bonds. The standard InChI is InChI=1S/C17H12FN/c18-15-11-12-16(13-7-3-1-4-8-13)19-17(15)14-9-5-2-6-10-14/h1-12H. The summed E-state index contributed by atoms with van der Waals surface area (Å²) in [6.45, 7) is 0. The van der Waals surface area contributed by atoms with Crippen molar-refractivity contribution >= 4 is 0 Å². The van der Waals surface area contributed by atoms with E-state index >= 15 is 0 Å². The first-order valence-corrected chi connectivity index (χ1v) is 6.12. The maximum Gasteiger partial charge on any atom is 0.149 e. The Morgan fingerprint density at radius 1 is 0.632 bits per heavy atom. The number of nitrogens with zero attached hydrogens (tertiary/aromatic N) is 1. The fourth-order valence-electron chi connectivity index (χ4n) is 2.01. The zero-order valence-electron chi connectivity index (χ0n) is 10.3. The molecule has 0 spiro atoms. The largest absolute Gasteiger partial charge is 0.245 e. The molecular formula is C17H12FN. The van der Waals surface area contributed by atoms with E-state index in [4.69, 9.17) is 0 Å². The van der Waals surface area contributed by atoms with Crippen LogP contribution in [0, 0.1) is 5.82 Å². The molecule has 0 aliphatic rings. The normalized spacial score (nSPS) is 10.4. The van der Waals surface area contributed by atoms with Gasteiger partial charge in [-0.15, -0.1) is 0 Å². The van der Waals surface area contributed by atoms with Crippen molar-refractivity contribution in [2.24, 2.45) is 0 Å². The van der Waals surface area contributed by atoms with Crippen molar-refractivity contribution < 1.29 is 4.39 Å². The molecule has 92 valence electrons. The number of rotatable bonds is 2. The topological polar surface area (TPSA) is 12.9 Å². The second-order valence-electron chi connectivity index (χ2n) is 4.26. The molecule has 0 fully saturated rings.